The second-order valence-electron chi connectivity index (χ2n) is 7.40. The number of pyridine rings is 1. The van der Waals surface area contributed by atoms with Crippen LogP contribution in [0.15, 0.2) is 18.3 Å². The Balaban J connectivity index is 2.02. The molecule has 1 aromatic heterocycles. The summed E-state index contributed by atoms with van der Waals surface area (Å²) in [5.41, 5.74) is 2.71. The van der Waals surface area contributed by atoms with Gasteiger partial charge < -0.3 is 0 Å². The van der Waals surface area contributed by atoms with Crippen molar-refractivity contribution in [2.75, 3.05) is 0 Å². The zero-order chi connectivity index (χ0) is 17.3. The van der Waals surface area contributed by atoms with Crippen LogP contribution in [-0.4, -0.2) is 4.98 Å². The molecule has 0 saturated carbocycles. The molecule has 0 radical (unpaired) electrons. The molecule has 0 aliphatic carbocycles. The van der Waals surface area contributed by atoms with Crippen LogP contribution < -0.4 is 0 Å². The maximum absolute atomic E-state index is 4.67. The number of aromatic nitrogens is 1. The van der Waals surface area contributed by atoms with Crippen molar-refractivity contribution in [3.05, 3.63) is 29.6 Å². The minimum absolute atomic E-state index is 1.16. The molecule has 0 aromatic carbocycles. The lowest BCUT2D eigenvalue weighted by Crippen LogP contribution is -1.93. The topological polar surface area (TPSA) is 12.9 Å². The lowest BCUT2D eigenvalue weighted by molar-refractivity contribution is 0.586. The Morgan fingerprint density at radius 2 is 1.08 bits per heavy atom. The van der Waals surface area contributed by atoms with E-state index in [2.05, 4.69) is 37.2 Å². The average Bonchev–Trinajstić information content (AvgIpc) is 2.61. The van der Waals surface area contributed by atoms with Gasteiger partial charge in [-0.15, -0.1) is 0 Å². The third-order valence-corrected chi connectivity index (χ3v) is 4.99. The van der Waals surface area contributed by atoms with Crippen LogP contribution in [0.2, 0.25) is 0 Å². The maximum atomic E-state index is 4.67. The first kappa shape index (κ1) is 21.2. The van der Waals surface area contributed by atoms with E-state index in [0.29, 0.717) is 0 Å². The van der Waals surface area contributed by atoms with E-state index in [0.717, 1.165) is 6.42 Å². The highest BCUT2D eigenvalue weighted by atomic mass is 14.7. The third-order valence-electron chi connectivity index (χ3n) is 4.99. The van der Waals surface area contributed by atoms with Gasteiger partial charge in [-0.25, -0.2) is 0 Å². The molecule has 0 fully saturated rings. The van der Waals surface area contributed by atoms with Crippen LogP contribution >= 0.6 is 0 Å². The first-order valence-corrected chi connectivity index (χ1v) is 10.8. The standard InChI is InChI=1S/C23H41N/c1-3-5-7-9-11-13-15-17-22-19-20-23(24-21-22)18-16-14-12-10-8-6-4-2/h19-21H,3-18H2,1-2H3. The van der Waals surface area contributed by atoms with Gasteiger partial charge in [0, 0.05) is 11.9 Å². The van der Waals surface area contributed by atoms with Crippen LogP contribution in [0.5, 0.6) is 0 Å². The Labute approximate surface area is 151 Å². The number of hydrogen-bond acceptors (Lipinski definition) is 1. The normalized spacial score (nSPS) is 11.1. The molecule has 1 heteroatoms. The molecular formula is C23H41N. The molecule has 24 heavy (non-hydrogen) atoms. The zero-order valence-corrected chi connectivity index (χ0v) is 16.5. The van der Waals surface area contributed by atoms with E-state index < -0.39 is 0 Å². The number of unbranched alkanes of at least 4 members (excludes halogenated alkanes) is 12. The molecule has 0 amide bonds. The van der Waals surface area contributed by atoms with Crippen LogP contribution in [0.25, 0.3) is 0 Å². The molecule has 0 aliphatic rings. The number of nitrogens with zero attached hydrogens (tertiary/aromatic N) is 1. The molecule has 0 unspecified atom stereocenters. The van der Waals surface area contributed by atoms with E-state index in [1.165, 1.54) is 108 Å². The maximum Gasteiger partial charge on any atom is 0.0403 e. The summed E-state index contributed by atoms with van der Waals surface area (Å²) in [5.74, 6) is 0. The van der Waals surface area contributed by atoms with Crippen LogP contribution in [-0.2, 0) is 12.8 Å². The fourth-order valence-electron chi connectivity index (χ4n) is 3.30. The van der Waals surface area contributed by atoms with Crippen molar-refractivity contribution in [2.45, 2.75) is 117 Å². The predicted molar refractivity (Wildman–Crippen MR) is 108 cm³/mol. The molecule has 0 N–H and O–H groups in total. The summed E-state index contributed by atoms with van der Waals surface area (Å²) in [7, 11) is 0. The molecule has 1 aromatic rings. The summed E-state index contributed by atoms with van der Waals surface area (Å²) >= 11 is 0. The van der Waals surface area contributed by atoms with Crippen LogP contribution in [0.1, 0.15) is 115 Å². The van der Waals surface area contributed by atoms with Crippen LogP contribution in [0, 0.1) is 0 Å². The fraction of sp³-hybridized carbons (Fsp3) is 0.783. The van der Waals surface area contributed by atoms with Gasteiger partial charge in [0.15, 0.2) is 0 Å². The van der Waals surface area contributed by atoms with Gasteiger partial charge in [-0.2, -0.15) is 0 Å². The summed E-state index contributed by atoms with van der Waals surface area (Å²) in [6.45, 7) is 4.56. The van der Waals surface area contributed by atoms with E-state index in [-0.39, 0.29) is 0 Å². The molecule has 0 saturated heterocycles. The van der Waals surface area contributed by atoms with Gasteiger partial charge in [-0.05, 0) is 37.3 Å². The molecule has 0 aliphatic heterocycles. The van der Waals surface area contributed by atoms with Crippen molar-refractivity contribution in [3.8, 4) is 0 Å². The Kier molecular flexibility index (Phi) is 13.8. The molecule has 0 bridgehead atoms. The second-order valence-corrected chi connectivity index (χ2v) is 7.40. The average molecular weight is 332 g/mol. The minimum Gasteiger partial charge on any atom is -0.261 e. The number of rotatable bonds is 16. The molecular weight excluding hydrogens is 290 g/mol. The van der Waals surface area contributed by atoms with Gasteiger partial charge in [-0.3, -0.25) is 4.98 Å². The molecule has 1 heterocycles. The quantitative estimate of drug-likeness (QED) is 0.283. The summed E-state index contributed by atoms with van der Waals surface area (Å²) in [6.07, 6.45) is 23.8. The lowest BCUT2D eigenvalue weighted by Gasteiger charge is -2.05. The summed E-state index contributed by atoms with van der Waals surface area (Å²) in [4.78, 5) is 4.67. The first-order chi connectivity index (χ1) is 11.9. The minimum atomic E-state index is 1.16. The van der Waals surface area contributed by atoms with Gasteiger partial charge in [0.1, 0.15) is 0 Å². The van der Waals surface area contributed by atoms with Gasteiger partial charge in [0.2, 0.25) is 0 Å². The number of hydrogen-bond donors (Lipinski definition) is 0. The molecule has 0 atom stereocenters. The fourth-order valence-corrected chi connectivity index (χ4v) is 3.30. The van der Waals surface area contributed by atoms with Crippen molar-refractivity contribution in [1.82, 2.24) is 4.98 Å². The second kappa shape index (κ2) is 15.7. The predicted octanol–water partition coefficient (Wildman–Crippen LogP) is 7.67. The Morgan fingerprint density at radius 3 is 1.58 bits per heavy atom. The largest absolute Gasteiger partial charge is 0.261 e. The number of aryl methyl sites for hydroxylation is 2. The molecule has 0 spiro atoms. The van der Waals surface area contributed by atoms with Crippen molar-refractivity contribution >= 4 is 0 Å². The lowest BCUT2D eigenvalue weighted by atomic mass is 10.0. The first-order valence-electron chi connectivity index (χ1n) is 10.8. The highest BCUT2D eigenvalue weighted by Gasteiger charge is 1.98. The van der Waals surface area contributed by atoms with Crippen molar-refractivity contribution < 1.29 is 0 Å². The molecule has 138 valence electrons. The third kappa shape index (κ3) is 11.6. The Bertz CT molecular complexity index is 331. The van der Waals surface area contributed by atoms with Gasteiger partial charge in [-0.1, -0.05) is 97.0 Å². The van der Waals surface area contributed by atoms with E-state index in [1.54, 1.807) is 0 Å². The van der Waals surface area contributed by atoms with E-state index in [9.17, 15) is 0 Å². The molecule has 1 rings (SSSR count). The summed E-state index contributed by atoms with van der Waals surface area (Å²) in [5, 5.41) is 0. The zero-order valence-electron chi connectivity index (χ0n) is 16.5. The van der Waals surface area contributed by atoms with Crippen LogP contribution in [0.3, 0.4) is 0 Å². The Morgan fingerprint density at radius 1 is 0.583 bits per heavy atom. The van der Waals surface area contributed by atoms with E-state index in [4.69, 9.17) is 0 Å². The van der Waals surface area contributed by atoms with Crippen molar-refractivity contribution in [2.24, 2.45) is 0 Å². The highest BCUT2D eigenvalue weighted by molar-refractivity contribution is 5.14. The van der Waals surface area contributed by atoms with E-state index in [1.807, 2.05) is 0 Å². The van der Waals surface area contributed by atoms with Gasteiger partial charge in [0.25, 0.3) is 0 Å². The summed E-state index contributed by atoms with van der Waals surface area (Å²) < 4.78 is 0. The van der Waals surface area contributed by atoms with Gasteiger partial charge >= 0.3 is 0 Å². The Hall–Kier alpha value is -0.850. The highest BCUT2D eigenvalue weighted by Crippen LogP contribution is 2.12. The monoisotopic (exact) mass is 331 g/mol. The van der Waals surface area contributed by atoms with Crippen LogP contribution in [0.4, 0.5) is 0 Å². The van der Waals surface area contributed by atoms with Crippen molar-refractivity contribution in [3.63, 3.8) is 0 Å². The SMILES string of the molecule is CCCCCCCCCc1ccc(CCCCCCCCC)nc1. The van der Waals surface area contributed by atoms with E-state index >= 15 is 0 Å². The van der Waals surface area contributed by atoms with Gasteiger partial charge in [0.05, 0.1) is 0 Å². The van der Waals surface area contributed by atoms with Crippen molar-refractivity contribution in [1.29, 1.82) is 0 Å². The molecule has 1 nitrogen and oxygen atoms in total. The smallest absolute Gasteiger partial charge is 0.0403 e. The summed E-state index contributed by atoms with van der Waals surface area (Å²) in [6, 6.07) is 4.56.